The SMILES string of the molecule is COc1ccc(CCN2C(=O)c3cccc4cccc(c34)C2=O)cc1. The molecule has 0 bridgehead atoms. The van der Waals surface area contributed by atoms with Gasteiger partial charge in [0.2, 0.25) is 0 Å². The quantitative estimate of drug-likeness (QED) is 0.685. The van der Waals surface area contributed by atoms with E-state index in [9.17, 15) is 9.59 Å². The smallest absolute Gasteiger partial charge is 0.261 e. The zero-order valence-corrected chi connectivity index (χ0v) is 13.9. The Hall–Kier alpha value is -3.14. The van der Waals surface area contributed by atoms with Crippen molar-refractivity contribution < 1.29 is 14.3 Å². The molecule has 4 rings (SSSR count). The van der Waals surface area contributed by atoms with E-state index >= 15 is 0 Å². The molecule has 0 unspecified atom stereocenters. The molecule has 0 atom stereocenters. The van der Waals surface area contributed by atoms with Crippen molar-refractivity contribution in [3.8, 4) is 5.75 Å². The molecule has 25 heavy (non-hydrogen) atoms. The van der Waals surface area contributed by atoms with Crippen LogP contribution in [0.3, 0.4) is 0 Å². The maximum absolute atomic E-state index is 12.8. The lowest BCUT2D eigenvalue weighted by molar-refractivity contribution is 0.0612. The van der Waals surface area contributed by atoms with E-state index in [0.29, 0.717) is 24.1 Å². The van der Waals surface area contributed by atoms with Gasteiger partial charge in [0.15, 0.2) is 0 Å². The number of hydrogen-bond acceptors (Lipinski definition) is 3. The third kappa shape index (κ3) is 2.56. The fourth-order valence-corrected chi connectivity index (χ4v) is 3.32. The van der Waals surface area contributed by atoms with Crippen LogP contribution in [0.15, 0.2) is 60.7 Å². The zero-order chi connectivity index (χ0) is 17.4. The van der Waals surface area contributed by atoms with Gasteiger partial charge < -0.3 is 4.74 Å². The molecule has 0 N–H and O–H groups in total. The standard InChI is InChI=1S/C21H17NO3/c1-25-16-10-8-14(9-11-16)12-13-22-20(23)17-6-2-4-15-5-3-7-18(19(15)17)21(22)24/h2-11H,12-13H2,1H3. The van der Waals surface area contributed by atoms with Gasteiger partial charge in [-0.05, 0) is 41.6 Å². The minimum Gasteiger partial charge on any atom is -0.497 e. The van der Waals surface area contributed by atoms with Crippen LogP contribution in [0.25, 0.3) is 10.8 Å². The molecule has 124 valence electrons. The number of amides is 2. The first kappa shape index (κ1) is 15.4. The van der Waals surface area contributed by atoms with Crippen molar-refractivity contribution in [1.82, 2.24) is 4.90 Å². The normalized spacial score (nSPS) is 13.4. The van der Waals surface area contributed by atoms with Gasteiger partial charge in [-0.15, -0.1) is 0 Å². The predicted octanol–water partition coefficient (Wildman–Crippen LogP) is 3.69. The molecule has 3 aromatic rings. The number of imide groups is 1. The molecular formula is C21H17NO3. The second-order valence-electron chi connectivity index (χ2n) is 6.07. The van der Waals surface area contributed by atoms with Crippen molar-refractivity contribution in [2.45, 2.75) is 6.42 Å². The third-order valence-corrected chi connectivity index (χ3v) is 4.64. The van der Waals surface area contributed by atoms with E-state index in [0.717, 1.165) is 22.1 Å². The van der Waals surface area contributed by atoms with E-state index in [1.54, 1.807) is 19.2 Å². The summed E-state index contributed by atoms with van der Waals surface area (Å²) in [4.78, 5) is 27.0. The van der Waals surface area contributed by atoms with Crippen LogP contribution in [-0.4, -0.2) is 30.4 Å². The fraction of sp³-hybridized carbons (Fsp3) is 0.143. The number of hydrogen-bond donors (Lipinski definition) is 0. The Labute approximate surface area is 145 Å². The van der Waals surface area contributed by atoms with Crippen molar-refractivity contribution >= 4 is 22.6 Å². The Morgan fingerprint density at radius 2 is 1.44 bits per heavy atom. The highest BCUT2D eigenvalue weighted by atomic mass is 16.5. The van der Waals surface area contributed by atoms with Crippen LogP contribution in [0.4, 0.5) is 0 Å². The van der Waals surface area contributed by atoms with Crippen molar-refractivity contribution in [1.29, 1.82) is 0 Å². The summed E-state index contributed by atoms with van der Waals surface area (Å²) in [7, 11) is 1.62. The summed E-state index contributed by atoms with van der Waals surface area (Å²) >= 11 is 0. The molecule has 3 aromatic carbocycles. The molecule has 2 amide bonds. The minimum atomic E-state index is -0.220. The average Bonchev–Trinajstić information content (AvgIpc) is 2.66. The summed E-state index contributed by atoms with van der Waals surface area (Å²) in [6.45, 7) is 0.356. The van der Waals surface area contributed by atoms with Crippen LogP contribution in [0.2, 0.25) is 0 Å². The summed E-state index contributed by atoms with van der Waals surface area (Å²) in [5.74, 6) is 0.347. The Morgan fingerprint density at radius 1 is 0.840 bits per heavy atom. The molecule has 0 fully saturated rings. The molecule has 0 aliphatic carbocycles. The van der Waals surface area contributed by atoms with Gasteiger partial charge in [0, 0.05) is 23.1 Å². The van der Waals surface area contributed by atoms with E-state index in [1.165, 1.54) is 4.90 Å². The minimum absolute atomic E-state index is 0.220. The van der Waals surface area contributed by atoms with Crippen LogP contribution >= 0.6 is 0 Å². The first-order chi connectivity index (χ1) is 12.2. The molecule has 0 saturated carbocycles. The summed E-state index contributed by atoms with van der Waals surface area (Å²) in [6.07, 6.45) is 0.611. The number of ether oxygens (including phenoxy) is 1. The number of carbonyl (C=O) groups excluding carboxylic acids is 2. The van der Waals surface area contributed by atoms with Gasteiger partial charge in [-0.3, -0.25) is 14.5 Å². The molecule has 4 heteroatoms. The van der Waals surface area contributed by atoms with Crippen LogP contribution < -0.4 is 4.74 Å². The maximum Gasteiger partial charge on any atom is 0.261 e. The van der Waals surface area contributed by atoms with Gasteiger partial charge in [0.25, 0.3) is 11.8 Å². The van der Waals surface area contributed by atoms with Crippen LogP contribution in [-0.2, 0) is 6.42 Å². The summed E-state index contributed by atoms with van der Waals surface area (Å²) in [6, 6.07) is 18.8. The van der Waals surface area contributed by atoms with Gasteiger partial charge >= 0.3 is 0 Å². The van der Waals surface area contributed by atoms with Crippen LogP contribution in [0, 0.1) is 0 Å². The Morgan fingerprint density at radius 3 is 2.00 bits per heavy atom. The molecular weight excluding hydrogens is 314 g/mol. The third-order valence-electron chi connectivity index (χ3n) is 4.64. The first-order valence-electron chi connectivity index (χ1n) is 8.20. The van der Waals surface area contributed by atoms with Crippen molar-refractivity contribution in [2.75, 3.05) is 13.7 Å². The molecule has 0 spiro atoms. The maximum atomic E-state index is 12.8. The van der Waals surface area contributed by atoms with Gasteiger partial charge in [0.05, 0.1) is 7.11 Å². The monoisotopic (exact) mass is 331 g/mol. The Bertz CT molecular complexity index is 925. The molecule has 0 saturated heterocycles. The van der Waals surface area contributed by atoms with Crippen molar-refractivity contribution in [3.63, 3.8) is 0 Å². The molecule has 0 aromatic heterocycles. The van der Waals surface area contributed by atoms with Crippen molar-refractivity contribution in [2.24, 2.45) is 0 Å². The van der Waals surface area contributed by atoms with Crippen LogP contribution in [0.5, 0.6) is 5.75 Å². The Balaban J connectivity index is 1.63. The summed E-state index contributed by atoms with van der Waals surface area (Å²) < 4.78 is 5.15. The van der Waals surface area contributed by atoms with Gasteiger partial charge in [-0.2, -0.15) is 0 Å². The number of methoxy groups -OCH3 is 1. The highest BCUT2D eigenvalue weighted by molar-refractivity contribution is 6.25. The Kier molecular flexibility index (Phi) is 3.73. The van der Waals surface area contributed by atoms with E-state index in [-0.39, 0.29) is 11.8 Å². The molecule has 1 heterocycles. The second kappa shape index (κ2) is 6.06. The number of benzene rings is 3. The van der Waals surface area contributed by atoms with Gasteiger partial charge in [-0.25, -0.2) is 0 Å². The van der Waals surface area contributed by atoms with E-state index in [1.807, 2.05) is 48.5 Å². The lowest BCUT2D eigenvalue weighted by Gasteiger charge is -2.27. The zero-order valence-electron chi connectivity index (χ0n) is 13.9. The van der Waals surface area contributed by atoms with E-state index in [4.69, 9.17) is 4.74 Å². The summed E-state index contributed by atoms with van der Waals surface area (Å²) in [5.41, 5.74) is 2.25. The van der Waals surface area contributed by atoms with Gasteiger partial charge in [-0.1, -0.05) is 36.4 Å². The van der Waals surface area contributed by atoms with E-state index in [2.05, 4.69) is 0 Å². The number of rotatable bonds is 4. The fourth-order valence-electron chi connectivity index (χ4n) is 3.32. The topological polar surface area (TPSA) is 46.6 Å². The molecule has 4 nitrogen and oxygen atoms in total. The highest BCUT2D eigenvalue weighted by Gasteiger charge is 2.32. The molecule has 1 aliphatic rings. The number of carbonyl (C=O) groups is 2. The largest absolute Gasteiger partial charge is 0.497 e. The lowest BCUT2D eigenvalue weighted by Crippen LogP contribution is -2.41. The number of nitrogens with zero attached hydrogens (tertiary/aromatic N) is 1. The molecule has 1 aliphatic heterocycles. The lowest BCUT2D eigenvalue weighted by atomic mass is 9.94. The van der Waals surface area contributed by atoms with Crippen molar-refractivity contribution in [3.05, 3.63) is 77.4 Å². The molecule has 0 radical (unpaired) electrons. The highest BCUT2D eigenvalue weighted by Crippen LogP contribution is 2.30. The predicted molar refractivity (Wildman–Crippen MR) is 96.0 cm³/mol. The second-order valence-corrected chi connectivity index (χ2v) is 6.07. The average molecular weight is 331 g/mol. The van der Waals surface area contributed by atoms with Crippen LogP contribution in [0.1, 0.15) is 26.3 Å². The van der Waals surface area contributed by atoms with Gasteiger partial charge in [0.1, 0.15) is 5.75 Å². The summed E-state index contributed by atoms with van der Waals surface area (Å²) in [5, 5.41) is 1.69. The first-order valence-corrected chi connectivity index (χ1v) is 8.20. The van der Waals surface area contributed by atoms with E-state index < -0.39 is 0 Å².